The average molecular weight is 266 g/mol. The van der Waals surface area contributed by atoms with Gasteiger partial charge in [0.1, 0.15) is 4.90 Å². The van der Waals surface area contributed by atoms with Gasteiger partial charge in [-0.1, -0.05) is 12.1 Å². The minimum absolute atomic E-state index is 0.124. The lowest BCUT2D eigenvalue weighted by molar-refractivity contribution is 0.282. The van der Waals surface area contributed by atoms with Crippen molar-refractivity contribution in [1.82, 2.24) is 4.57 Å². The van der Waals surface area contributed by atoms with Crippen LogP contribution in [-0.4, -0.2) is 18.1 Å². The van der Waals surface area contributed by atoms with E-state index in [-0.39, 0.29) is 11.5 Å². The number of hydrogen-bond donors (Lipinski definition) is 2. The van der Waals surface area contributed by atoms with Crippen LogP contribution in [0.3, 0.4) is 0 Å². The molecule has 0 aliphatic heterocycles. The number of hydrogen-bond acceptors (Lipinski definition) is 3. The van der Waals surface area contributed by atoms with Crippen LogP contribution in [0, 0.1) is 0 Å². The maximum Gasteiger partial charge on any atom is 0.263 e. The van der Waals surface area contributed by atoms with E-state index in [9.17, 15) is 8.42 Å². The molecule has 0 aliphatic rings. The first-order chi connectivity index (χ1) is 8.51. The number of nitrogens with one attached hydrogen (secondary N) is 1. The Bertz CT molecular complexity index is 647. The van der Waals surface area contributed by atoms with Gasteiger partial charge in [-0.05, 0) is 23.8 Å². The van der Waals surface area contributed by atoms with Crippen molar-refractivity contribution in [3.63, 3.8) is 0 Å². The fraction of sp³-hybridized carbons (Fsp3) is 0.167. The van der Waals surface area contributed by atoms with Crippen molar-refractivity contribution in [3.05, 3.63) is 48.3 Å². The Kier molecular flexibility index (Phi) is 3.40. The van der Waals surface area contributed by atoms with Gasteiger partial charge in [0.15, 0.2) is 0 Å². The second kappa shape index (κ2) is 4.83. The van der Waals surface area contributed by atoms with Gasteiger partial charge in [-0.25, -0.2) is 8.42 Å². The van der Waals surface area contributed by atoms with E-state index in [1.807, 2.05) is 0 Å². The molecule has 0 fully saturated rings. The first kappa shape index (κ1) is 12.7. The van der Waals surface area contributed by atoms with Crippen LogP contribution >= 0.6 is 0 Å². The molecule has 0 atom stereocenters. The summed E-state index contributed by atoms with van der Waals surface area (Å²) in [5, 5.41) is 9.00. The Labute approximate surface area is 106 Å². The van der Waals surface area contributed by atoms with E-state index in [0.29, 0.717) is 11.3 Å². The molecule has 0 amide bonds. The molecule has 18 heavy (non-hydrogen) atoms. The zero-order valence-corrected chi connectivity index (χ0v) is 10.7. The topological polar surface area (TPSA) is 71.3 Å². The van der Waals surface area contributed by atoms with Crippen molar-refractivity contribution in [1.29, 1.82) is 0 Å². The highest BCUT2D eigenvalue weighted by molar-refractivity contribution is 7.92. The molecule has 0 spiro atoms. The van der Waals surface area contributed by atoms with E-state index in [1.165, 1.54) is 12.3 Å². The molecule has 0 saturated heterocycles. The van der Waals surface area contributed by atoms with Crippen LogP contribution in [0.1, 0.15) is 5.56 Å². The number of aliphatic hydroxyl groups excluding tert-OH is 1. The smallest absolute Gasteiger partial charge is 0.263 e. The molecule has 0 aliphatic carbocycles. The van der Waals surface area contributed by atoms with Crippen LogP contribution < -0.4 is 4.72 Å². The Morgan fingerprint density at radius 3 is 2.72 bits per heavy atom. The van der Waals surface area contributed by atoms with E-state index >= 15 is 0 Å². The lowest BCUT2D eigenvalue weighted by Gasteiger charge is -2.07. The quantitative estimate of drug-likeness (QED) is 0.876. The molecule has 0 radical (unpaired) electrons. The summed E-state index contributed by atoms with van der Waals surface area (Å²) in [5.74, 6) is 0. The molecule has 1 aromatic heterocycles. The summed E-state index contributed by atoms with van der Waals surface area (Å²) in [6.07, 6.45) is 3.19. The maximum absolute atomic E-state index is 12.0. The van der Waals surface area contributed by atoms with Gasteiger partial charge in [0.05, 0.1) is 6.61 Å². The summed E-state index contributed by atoms with van der Waals surface area (Å²) in [4.78, 5) is 0.208. The van der Waals surface area contributed by atoms with E-state index in [0.717, 1.165) is 0 Å². The lowest BCUT2D eigenvalue weighted by Crippen LogP contribution is -2.12. The van der Waals surface area contributed by atoms with E-state index in [1.54, 1.807) is 42.1 Å². The van der Waals surface area contributed by atoms with Crippen LogP contribution in [0.25, 0.3) is 0 Å². The van der Waals surface area contributed by atoms with Gasteiger partial charge in [-0.2, -0.15) is 0 Å². The van der Waals surface area contributed by atoms with E-state index < -0.39 is 10.0 Å². The lowest BCUT2D eigenvalue weighted by atomic mass is 10.2. The van der Waals surface area contributed by atoms with Crippen LogP contribution in [0.4, 0.5) is 5.69 Å². The van der Waals surface area contributed by atoms with E-state index in [2.05, 4.69) is 4.72 Å². The highest BCUT2D eigenvalue weighted by Crippen LogP contribution is 2.17. The molecule has 6 heteroatoms. The predicted molar refractivity (Wildman–Crippen MR) is 68.6 cm³/mol. The molecule has 2 aromatic rings. The Morgan fingerprint density at radius 2 is 2.11 bits per heavy atom. The van der Waals surface area contributed by atoms with Crippen molar-refractivity contribution < 1.29 is 13.5 Å². The molecule has 5 nitrogen and oxygen atoms in total. The monoisotopic (exact) mass is 266 g/mol. The largest absolute Gasteiger partial charge is 0.392 e. The first-order valence-corrected chi connectivity index (χ1v) is 6.84. The molecule has 96 valence electrons. The van der Waals surface area contributed by atoms with Crippen molar-refractivity contribution in [2.75, 3.05) is 4.72 Å². The van der Waals surface area contributed by atoms with Crippen LogP contribution in [0.2, 0.25) is 0 Å². The zero-order valence-electron chi connectivity index (χ0n) is 9.87. The third-order valence-electron chi connectivity index (χ3n) is 2.48. The summed E-state index contributed by atoms with van der Waals surface area (Å²) >= 11 is 0. The third kappa shape index (κ3) is 2.72. The average Bonchev–Trinajstić information content (AvgIpc) is 2.76. The summed E-state index contributed by atoms with van der Waals surface area (Å²) in [6.45, 7) is -0.124. The molecule has 2 N–H and O–H groups in total. The summed E-state index contributed by atoms with van der Waals surface area (Å²) in [6, 6.07) is 8.17. The fourth-order valence-electron chi connectivity index (χ4n) is 1.58. The molecule has 1 aromatic carbocycles. The number of rotatable bonds is 4. The van der Waals surface area contributed by atoms with E-state index in [4.69, 9.17) is 5.11 Å². The van der Waals surface area contributed by atoms with Crippen molar-refractivity contribution >= 4 is 15.7 Å². The number of anilines is 1. The molecule has 0 saturated carbocycles. The highest BCUT2D eigenvalue weighted by atomic mass is 32.2. The molecule has 1 heterocycles. The summed E-state index contributed by atoms with van der Waals surface area (Å²) < 4.78 is 28.2. The van der Waals surface area contributed by atoms with Gasteiger partial charge in [-0.3, -0.25) is 4.72 Å². The van der Waals surface area contributed by atoms with Gasteiger partial charge in [0, 0.05) is 25.1 Å². The van der Waals surface area contributed by atoms with Gasteiger partial charge in [-0.15, -0.1) is 0 Å². The number of aromatic nitrogens is 1. The molecular formula is C12H14N2O3S. The molecular weight excluding hydrogens is 252 g/mol. The Morgan fingerprint density at radius 1 is 1.33 bits per heavy atom. The minimum Gasteiger partial charge on any atom is -0.392 e. The minimum atomic E-state index is -3.57. The normalized spacial score (nSPS) is 11.4. The summed E-state index contributed by atoms with van der Waals surface area (Å²) in [7, 11) is -1.81. The van der Waals surface area contributed by atoms with Crippen molar-refractivity contribution in [2.45, 2.75) is 11.5 Å². The van der Waals surface area contributed by atoms with Crippen LogP contribution in [-0.2, 0) is 23.7 Å². The standard InChI is InChI=1S/C12H14N2O3S/c1-14-6-5-12(8-14)18(16,17)13-11-4-2-3-10(7-11)9-15/h2-8,13,15H,9H2,1H3. The second-order valence-electron chi connectivity index (χ2n) is 3.98. The number of sulfonamides is 1. The third-order valence-corrected chi connectivity index (χ3v) is 3.84. The Balaban J connectivity index is 2.27. The number of aliphatic hydroxyl groups is 1. The SMILES string of the molecule is Cn1ccc(S(=O)(=O)Nc2cccc(CO)c2)c1. The van der Waals surface area contributed by atoms with Crippen LogP contribution in [0.15, 0.2) is 47.6 Å². The van der Waals surface area contributed by atoms with Crippen molar-refractivity contribution in [2.24, 2.45) is 7.05 Å². The van der Waals surface area contributed by atoms with Crippen LogP contribution in [0.5, 0.6) is 0 Å². The van der Waals surface area contributed by atoms with Gasteiger partial charge in [0.25, 0.3) is 10.0 Å². The van der Waals surface area contributed by atoms with Gasteiger partial charge >= 0.3 is 0 Å². The summed E-state index contributed by atoms with van der Waals surface area (Å²) in [5.41, 5.74) is 1.09. The second-order valence-corrected chi connectivity index (χ2v) is 5.66. The highest BCUT2D eigenvalue weighted by Gasteiger charge is 2.15. The molecule has 2 rings (SSSR count). The maximum atomic E-state index is 12.0. The molecule has 0 bridgehead atoms. The number of nitrogens with zero attached hydrogens (tertiary/aromatic N) is 1. The number of aryl methyl sites for hydroxylation is 1. The van der Waals surface area contributed by atoms with Gasteiger partial charge in [0.2, 0.25) is 0 Å². The zero-order chi connectivity index (χ0) is 13.2. The fourth-order valence-corrected chi connectivity index (χ4v) is 2.68. The van der Waals surface area contributed by atoms with Crippen molar-refractivity contribution in [3.8, 4) is 0 Å². The Hall–Kier alpha value is -1.79. The number of benzene rings is 1. The first-order valence-electron chi connectivity index (χ1n) is 5.36. The molecule has 0 unspecified atom stereocenters. The predicted octanol–water partition coefficient (Wildman–Crippen LogP) is 1.32. The van der Waals surface area contributed by atoms with Gasteiger partial charge < -0.3 is 9.67 Å².